The quantitative estimate of drug-likeness (QED) is 0.709. The number of nitrogens with zero attached hydrogens (tertiary/aromatic N) is 3. The molecule has 3 aromatic rings. The van der Waals surface area contributed by atoms with Crippen molar-refractivity contribution in [1.82, 2.24) is 13.7 Å². The van der Waals surface area contributed by atoms with Crippen LogP contribution < -0.4 is 11.2 Å². The van der Waals surface area contributed by atoms with E-state index in [2.05, 4.69) is 0 Å². The molecule has 3 rings (SSSR count). The lowest BCUT2D eigenvalue weighted by molar-refractivity contribution is -0.137. The Kier molecular flexibility index (Phi) is 5.27. The Morgan fingerprint density at radius 2 is 1.89 bits per heavy atom. The van der Waals surface area contributed by atoms with Crippen LogP contribution in [0.15, 0.2) is 40.1 Å². The molecule has 2 heterocycles. The Balaban J connectivity index is 2.40. The smallest absolute Gasteiger partial charge is 0.330 e. The van der Waals surface area contributed by atoms with Crippen molar-refractivity contribution >= 4 is 16.9 Å². The minimum atomic E-state index is -0.851. The molecule has 28 heavy (non-hydrogen) atoms. The zero-order valence-corrected chi connectivity index (χ0v) is 16.6. The molecule has 1 N–H and O–H groups in total. The van der Waals surface area contributed by atoms with Gasteiger partial charge < -0.3 is 9.67 Å². The fraction of sp³-hybridized carbons (Fsp3) is 0.381. The lowest BCUT2D eigenvalue weighted by Crippen LogP contribution is -2.36. The fourth-order valence-corrected chi connectivity index (χ4v) is 3.76. The predicted molar refractivity (Wildman–Crippen MR) is 109 cm³/mol. The number of benzene rings is 1. The van der Waals surface area contributed by atoms with Gasteiger partial charge in [0.15, 0.2) is 0 Å². The number of fused-ring (bicyclic) bond motifs is 1. The number of carboxylic acids is 1. The highest BCUT2D eigenvalue weighted by molar-refractivity contribution is 5.94. The molecule has 0 radical (unpaired) electrons. The molecule has 7 heteroatoms. The highest BCUT2D eigenvalue weighted by Crippen LogP contribution is 2.33. The van der Waals surface area contributed by atoms with Gasteiger partial charge >= 0.3 is 11.7 Å². The lowest BCUT2D eigenvalue weighted by Gasteiger charge is -2.20. The topological polar surface area (TPSA) is 86.2 Å². The fourth-order valence-electron chi connectivity index (χ4n) is 3.76. The number of carbonyl (C=O) groups is 1. The molecule has 148 valence electrons. The highest BCUT2D eigenvalue weighted by Gasteiger charge is 2.23. The van der Waals surface area contributed by atoms with E-state index in [0.717, 1.165) is 21.4 Å². The first kappa shape index (κ1) is 19.7. The summed E-state index contributed by atoms with van der Waals surface area (Å²) in [6.45, 7) is 3.98. The van der Waals surface area contributed by atoms with Gasteiger partial charge in [-0.25, -0.2) is 4.79 Å². The molecule has 0 bridgehead atoms. The zero-order valence-electron chi connectivity index (χ0n) is 16.6. The molecule has 0 amide bonds. The third-order valence-electron chi connectivity index (χ3n) is 5.31. The molecule has 2 aromatic heterocycles. The molecule has 7 nitrogen and oxygen atoms in total. The van der Waals surface area contributed by atoms with Crippen molar-refractivity contribution in [3.63, 3.8) is 0 Å². The maximum absolute atomic E-state index is 13.0. The van der Waals surface area contributed by atoms with E-state index in [-0.39, 0.29) is 23.7 Å². The number of aromatic nitrogens is 3. The Labute approximate surface area is 162 Å². The van der Waals surface area contributed by atoms with Crippen LogP contribution in [-0.4, -0.2) is 24.8 Å². The maximum Gasteiger partial charge on any atom is 0.330 e. The van der Waals surface area contributed by atoms with Crippen LogP contribution in [0.2, 0.25) is 0 Å². The molecule has 1 aromatic carbocycles. The first-order chi connectivity index (χ1) is 13.3. The second kappa shape index (κ2) is 7.50. The van der Waals surface area contributed by atoms with Gasteiger partial charge in [-0.1, -0.05) is 30.7 Å². The second-order valence-corrected chi connectivity index (χ2v) is 7.21. The third-order valence-corrected chi connectivity index (χ3v) is 5.31. The number of aryl methyl sites for hydroxylation is 2. The van der Waals surface area contributed by atoms with Crippen LogP contribution in [0.5, 0.6) is 0 Å². The minimum Gasteiger partial charge on any atom is -0.481 e. The molecule has 0 aliphatic rings. The standard InChI is InChI=1S/C21H25N3O4/c1-5-15(9-10-17(25)26)24-12-16-18(20(27)23(4)21(28)22(16)3)19(24)14-8-6-7-13(2)11-14/h6-8,11-12,15H,5,9-10H2,1-4H3,(H,25,26). The number of hydrogen-bond donors (Lipinski definition) is 1. The van der Waals surface area contributed by atoms with Crippen LogP contribution in [0.25, 0.3) is 22.2 Å². The van der Waals surface area contributed by atoms with E-state index >= 15 is 0 Å². The molecular weight excluding hydrogens is 358 g/mol. The van der Waals surface area contributed by atoms with Crippen LogP contribution in [-0.2, 0) is 18.9 Å². The molecular formula is C21H25N3O4. The summed E-state index contributed by atoms with van der Waals surface area (Å²) < 4.78 is 4.56. The van der Waals surface area contributed by atoms with E-state index in [9.17, 15) is 14.4 Å². The SMILES string of the molecule is CCC(CCC(=O)O)n1cc2c(c1-c1cccc(C)c1)c(=O)n(C)c(=O)n2C. The summed E-state index contributed by atoms with van der Waals surface area (Å²) in [5.41, 5.74) is 2.48. The van der Waals surface area contributed by atoms with Crippen molar-refractivity contribution in [3.8, 4) is 11.3 Å². The van der Waals surface area contributed by atoms with E-state index in [0.29, 0.717) is 23.7 Å². The van der Waals surface area contributed by atoms with Gasteiger partial charge in [-0.2, -0.15) is 0 Å². The minimum absolute atomic E-state index is 0.0389. The van der Waals surface area contributed by atoms with Gasteiger partial charge in [0.05, 0.1) is 16.6 Å². The first-order valence-electron chi connectivity index (χ1n) is 9.35. The van der Waals surface area contributed by atoms with Gasteiger partial charge in [-0.3, -0.25) is 18.7 Å². The van der Waals surface area contributed by atoms with E-state index in [1.165, 1.54) is 11.6 Å². The average molecular weight is 383 g/mol. The Morgan fingerprint density at radius 1 is 1.18 bits per heavy atom. The molecule has 0 aliphatic carbocycles. The number of carboxylic acid groups (broad SMARTS) is 1. The van der Waals surface area contributed by atoms with Crippen LogP contribution in [0.3, 0.4) is 0 Å². The van der Waals surface area contributed by atoms with Crippen LogP contribution in [0.4, 0.5) is 0 Å². The maximum atomic E-state index is 13.0. The van der Waals surface area contributed by atoms with Gasteiger partial charge in [0.2, 0.25) is 0 Å². The van der Waals surface area contributed by atoms with E-state index in [1.54, 1.807) is 7.05 Å². The number of hydrogen-bond acceptors (Lipinski definition) is 3. The van der Waals surface area contributed by atoms with Crippen molar-refractivity contribution in [3.05, 3.63) is 56.9 Å². The van der Waals surface area contributed by atoms with E-state index in [1.807, 2.05) is 48.9 Å². The highest BCUT2D eigenvalue weighted by atomic mass is 16.4. The van der Waals surface area contributed by atoms with Crippen molar-refractivity contribution in [2.45, 2.75) is 39.2 Å². The van der Waals surface area contributed by atoms with Gasteiger partial charge in [0.1, 0.15) is 0 Å². The van der Waals surface area contributed by atoms with Crippen molar-refractivity contribution < 1.29 is 9.90 Å². The van der Waals surface area contributed by atoms with Gasteiger partial charge in [-0.15, -0.1) is 0 Å². The summed E-state index contributed by atoms with van der Waals surface area (Å²) in [6.07, 6.45) is 3.00. The van der Waals surface area contributed by atoms with Gasteiger partial charge in [0.25, 0.3) is 5.56 Å². The van der Waals surface area contributed by atoms with Crippen LogP contribution >= 0.6 is 0 Å². The van der Waals surface area contributed by atoms with E-state index in [4.69, 9.17) is 5.11 Å². The van der Waals surface area contributed by atoms with Crippen molar-refractivity contribution in [1.29, 1.82) is 0 Å². The van der Waals surface area contributed by atoms with Crippen molar-refractivity contribution in [2.24, 2.45) is 14.1 Å². The first-order valence-corrected chi connectivity index (χ1v) is 9.35. The third kappa shape index (κ3) is 3.28. The summed E-state index contributed by atoms with van der Waals surface area (Å²) in [7, 11) is 3.12. The van der Waals surface area contributed by atoms with Gasteiger partial charge in [0, 0.05) is 32.8 Å². The van der Waals surface area contributed by atoms with Crippen LogP contribution in [0, 0.1) is 6.92 Å². The van der Waals surface area contributed by atoms with Gasteiger partial charge in [-0.05, 0) is 31.4 Å². The second-order valence-electron chi connectivity index (χ2n) is 7.21. The molecule has 0 saturated carbocycles. The summed E-state index contributed by atoms with van der Waals surface area (Å²) >= 11 is 0. The Hall–Kier alpha value is -3.09. The normalized spacial score (nSPS) is 12.4. The number of rotatable bonds is 6. The van der Waals surface area contributed by atoms with Crippen LogP contribution in [0.1, 0.15) is 37.8 Å². The summed E-state index contributed by atoms with van der Waals surface area (Å²) in [5, 5.41) is 9.60. The molecule has 0 aliphatic heterocycles. The van der Waals surface area contributed by atoms with Crippen molar-refractivity contribution in [2.75, 3.05) is 0 Å². The lowest BCUT2D eigenvalue weighted by atomic mass is 10.0. The largest absolute Gasteiger partial charge is 0.481 e. The monoisotopic (exact) mass is 383 g/mol. The summed E-state index contributed by atoms with van der Waals surface area (Å²) in [6, 6.07) is 7.75. The molecule has 0 spiro atoms. The molecule has 1 unspecified atom stereocenters. The summed E-state index contributed by atoms with van der Waals surface area (Å²) in [4.78, 5) is 36.5. The average Bonchev–Trinajstić information content (AvgIpc) is 3.05. The summed E-state index contributed by atoms with van der Waals surface area (Å²) in [5.74, 6) is -0.851. The number of aliphatic carboxylic acids is 1. The molecule has 0 fully saturated rings. The molecule has 1 atom stereocenters. The zero-order chi connectivity index (χ0) is 20.6. The Bertz CT molecular complexity index is 1170. The van der Waals surface area contributed by atoms with E-state index < -0.39 is 5.97 Å². The molecule has 0 saturated heterocycles. The predicted octanol–water partition coefficient (Wildman–Crippen LogP) is 2.83. The Morgan fingerprint density at radius 3 is 2.50 bits per heavy atom.